The maximum atomic E-state index is 13.8. The van der Waals surface area contributed by atoms with E-state index in [2.05, 4.69) is 16.4 Å². The summed E-state index contributed by atoms with van der Waals surface area (Å²) in [4.78, 5) is 5.73. The third-order valence-corrected chi connectivity index (χ3v) is 7.27. The molecule has 0 amide bonds. The van der Waals surface area contributed by atoms with E-state index in [1.54, 1.807) is 23.5 Å². The zero-order valence-electron chi connectivity index (χ0n) is 16.8. The van der Waals surface area contributed by atoms with E-state index < -0.39 is 0 Å². The number of fused-ring (bicyclic) bond motifs is 3. The fourth-order valence-corrected chi connectivity index (χ4v) is 5.50. The highest BCUT2D eigenvalue weighted by Crippen LogP contribution is 2.51. The number of thiophene rings is 1. The van der Waals surface area contributed by atoms with Crippen molar-refractivity contribution in [3.8, 4) is 5.75 Å². The Bertz CT molecular complexity index is 1350. The number of halogens is 2. The summed E-state index contributed by atoms with van der Waals surface area (Å²) in [5.41, 5.74) is 3.65. The lowest BCUT2D eigenvalue weighted by molar-refractivity contribution is 0.226. The highest BCUT2D eigenvalue weighted by molar-refractivity contribution is 7.98. The third kappa shape index (κ3) is 3.13. The lowest BCUT2D eigenvalue weighted by Gasteiger charge is -2.38. The molecule has 6 rings (SSSR count). The standard InChI is InChI=1S/C23H16ClFN4OS2/c1-31-23-27-22-26-19-15-11-13(24)6-9-16(15)30-21(17-3-2-10-32-17)18(19)20(29(22)28-23)12-4-7-14(25)8-5-12/h2-11,20-21H,1H3,(H,26,27,28)/t20-,21+/m1/s1. The predicted molar refractivity (Wildman–Crippen MR) is 126 cm³/mol. The second-order valence-corrected chi connectivity index (χ2v) is 9.62. The van der Waals surface area contributed by atoms with E-state index in [9.17, 15) is 4.39 Å². The molecule has 9 heteroatoms. The van der Waals surface area contributed by atoms with E-state index in [4.69, 9.17) is 21.4 Å². The summed E-state index contributed by atoms with van der Waals surface area (Å²) in [5.74, 6) is 1.09. The Balaban J connectivity index is 1.64. The van der Waals surface area contributed by atoms with Gasteiger partial charge >= 0.3 is 0 Å². The molecule has 0 unspecified atom stereocenters. The normalized spacial score (nSPS) is 19.0. The summed E-state index contributed by atoms with van der Waals surface area (Å²) in [7, 11) is 0. The van der Waals surface area contributed by atoms with Gasteiger partial charge in [-0.2, -0.15) is 4.98 Å². The Hall–Kier alpha value is -2.81. The fraction of sp³-hybridized carbons (Fsp3) is 0.130. The maximum Gasteiger partial charge on any atom is 0.227 e. The van der Waals surface area contributed by atoms with Crippen molar-refractivity contribution >= 4 is 46.3 Å². The number of benzene rings is 2. The molecule has 0 bridgehead atoms. The van der Waals surface area contributed by atoms with Crippen LogP contribution in [0.5, 0.6) is 5.75 Å². The van der Waals surface area contributed by atoms with E-state index in [1.165, 1.54) is 23.9 Å². The molecule has 0 saturated carbocycles. The van der Waals surface area contributed by atoms with Gasteiger partial charge in [-0.15, -0.1) is 16.4 Å². The number of nitrogens with zero attached hydrogens (tertiary/aromatic N) is 3. The molecule has 0 aliphatic carbocycles. The van der Waals surface area contributed by atoms with Gasteiger partial charge in [0.2, 0.25) is 11.1 Å². The molecule has 160 valence electrons. The molecular weight excluding hydrogens is 467 g/mol. The van der Waals surface area contributed by atoms with Crippen molar-refractivity contribution in [2.45, 2.75) is 17.3 Å². The first-order valence-corrected chi connectivity index (χ1v) is 12.4. The molecule has 4 heterocycles. The van der Waals surface area contributed by atoms with Crippen LogP contribution in [0.1, 0.15) is 28.1 Å². The molecule has 2 aliphatic heterocycles. The molecule has 2 atom stereocenters. The number of aromatic nitrogens is 3. The average Bonchev–Trinajstić information content (AvgIpc) is 3.48. The molecule has 1 N–H and O–H groups in total. The van der Waals surface area contributed by atoms with Crippen molar-refractivity contribution in [2.75, 3.05) is 11.6 Å². The molecule has 2 aromatic heterocycles. The molecule has 2 aliphatic rings. The molecular formula is C23H16ClFN4OS2. The number of hydrogen-bond donors (Lipinski definition) is 1. The van der Waals surface area contributed by atoms with E-state index in [0.29, 0.717) is 16.1 Å². The highest BCUT2D eigenvalue weighted by Gasteiger charge is 2.41. The van der Waals surface area contributed by atoms with Crippen LogP contribution in [-0.4, -0.2) is 21.0 Å². The summed E-state index contributed by atoms with van der Waals surface area (Å²) in [5, 5.41) is 11.5. The number of ether oxygens (including phenoxy) is 1. The summed E-state index contributed by atoms with van der Waals surface area (Å²) < 4.78 is 22.2. The van der Waals surface area contributed by atoms with Gasteiger partial charge < -0.3 is 10.1 Å². The quantitative estimate of drug-likeness (QED) is 0.342. The number of hydrogen-bond acceptors (Lipinski definition) is 6. The van der Waals surface area contributed by atoms with Gasteiger partial charge in [-0.05, 0) is 53.6 Å². The number of thioether (sulfide) groups is 1. The van der Waals surface area contributed by atoms with E-state index in [-0.39, 0.29) is 18.0 Å². The highest BCUT2D eigenvalue weighted by atomic mass is 35.5. The number of nitrogens with one attached hydrogen (secondary N) is 1. The van der Waals surface area contributed by atoms with Crippen LogP contribution in [0.2, 0.25) is 5.02 Å². The topological polar surface area (TPSA) is 52.0 Å². The van der Waals surface area contributed by atoms with Crippen LogP contribution in [0, 0.1) is 5.82 Å². The zero-order chi connectivity index (χ0) is 21.8. The van der Waals surface area contributed by atoms with Crippen LogP contribution in [0.25, 0.3) is 5.70 Å². The maximum absolute atomic E-state index is 13.8. The van der Waals surface area contributed by atoms with Gasteiger partial charge in [0.1, 0.15) is 17.6 Å². The molecule has 2 aromatic carbocycles. The third-order valence-electron chi connectivity index (χ3n) is 5.58. The van der Waals surface area contributed by atoms with Gasteiger partial charge in [-0.3, -0.25) is 0 Å². The summed E-state index contributed by atoms with van der Waals surface area (Å²) in [6.45, 7) is 0. The fourth-order valence-electron chi connectivity index (χ4n) is 4.21. The van der Waals surface area contributed by atoms with Crippen molar-refractivity contribution < 1.29 is 9.13 Å². The van der Waals surface area contributed by atoms with Crippen LogP contribution in [0.3, 0.4) is 0 Å². The van der Waals surface area contributed by atoms with Crippen molar-refractivity contribution in [1.82, 2.24) is 14.8 Å². The van der Waals surface area contributed by atoms with Crippen LogP contribution in [-0.2, 0) is 0 Å². The minimum absolute atomic E-state index is 0.285. The van der Waals surface area contributed by atoms with Crippen molar-refractivity contribution in [1.29, 1.82) is 0 Å². The predicted octanol–water partition coefficient (Wildman–Crippen LogP) is 6.41. The Kier molecular flexibility index (Phi) is 4.74. The summed E-state index contributed by atoms with van der Waals surface area (Å²) in [6, 6.07) is 15.9. The second-order valence-electron chi connectivity index (χ2n) is 7.43. The molecule has 32 heavy (non-hydrogen) atoms. The summed E-state index contributed by atoms with van der Waals surface area (Å²) in [6.07, 6.45) is 1.60. The van der Waals surface area contributed by atoms with Crippen LogP contribution in [0.4, 0.5) is 10.3 Å². The smallest absolute Gasteiger partial charge is 0.227 e. The molecule has 0 fully saturated rings. The zero-order valence-corrected chi connectivity index (χ0v) is 19.1. The Labute approximate surface area is 196 Å². The number of anilines is 1. The van der Waals surface area contributed by atoms with Gasteiger partial charge in [0.05, 0.1) is 5.70 Å². The van der Waals surface area contributed by atoms with Crippen LogP contribution in [0.15, 0.2) is 70.7 Å². The first-order chi connectivity index (χ1) is 15.6. The van der Waals surface area contributed by atoms with E-state index in [0.717, 1.165) is 33.0 Å². The SMILES string of the molecule is CSc1nc2n(n1)[C@H](c1ccc(F)cc1)C1=C(N2)c2cc(Cl)ccc2O[C@H]1c1cccs1. The minimum Gasteiger partial charge on any atom is -0.480 e. The van der Waals surface area contributed by atoms with Gasteiger partial charge in [0.15, 0.2) is 6.10 Å². The van der Waals surface area contributed by atoms with Gasteiger partial charge in [-0.25, -0.2) is 9.07 Å². The van der Waals surface area contributed by atoms with E-state index >= 15 is 0 Å². The van der Waals surface area contributed by atoms with Gasteiger partial charge in [-0.1, -0.05) is 41.6 Å². The lowest BCUT2D eigenvalue weighted by Crippen LogP contribution is -2.32. The van der Waals surface area contributed by atoms with Crippen LogP contribution < -0.4 is 10.1 Å². The first-order valence-electron chi connectivity index (χ1n) is 9.89. The molecule has 5 nitrogen and oxygen atoms in total. The summed E-state index contributed by atoms with van der Waals surface area (Å²) >= 11 is 9.46. The molecule has 0 radical (unpaired) electrons. The average molecular weight is 483 g/mol. The van der Waals surface area contributed by atoms with Crippen molar-refractivity contribution in [3.63, 3.8) is 0 Å². The second kappa shape index (κ2) is 7.65. The number of rotatable bonds is 3. The van der Waals surface area contributed by atoms with Crippen molar-refractivity contribution in [3.05, 3.63) is 92.4 Å². The molecule has 4 aromatic rings. The van der Waals surface area contributed by atoms with Gasteiger partial charge in [0.25, 0.3) is 0 Å². The Morgan fingerprint density at radius 3 is 2.78 bits per heavy atom. The molecule has 0 spiro atoms. The monoisotopic (exact) mass is 482 g/mol. The van der Waals surface area contributed by atoms with Gasteiger partial charge in [0, 0.05) is 21.0 Å². The lowest BCUT2D eigenvalue weighted by atomic mass is 9.86. The Morgan fingerprint density at radius 2 is 2.03 bits per heavy atom. The largest absolute Gasteiger partial charge is 0.480 e. The molecule has 0 saturated heterocycles. The van der Waals surface area contributed by atoms with Crippen molar-refractivity contribution in [2.24, 2.45) is 0 Å². The Morgan fingerprint density at radius 1 is 1.19 bits per heavy atom. The van der Waals surface area contributed by atoms with Crippen LogP contribution >= 0.6 is 34.7 Å². The minimum atomic E-state index is -0.337. The first kappa shape index (κ1) is 19.8. The van der Waals surface area contributed by atoms with E-state index in [1.807, 2.05) is 40.6 Å².